The average molecular weight is 365 g/mol. The standard InChI is InChI=1S/C17H21ClN4OS/c18-13-5-7-14(8-6-13)22-16(23)4-1-10-20-17(19)21-11-9-15-3-2-12-24-15/h2-3,5-8,12H,1,4,9-11H2,(H,22,23)(H3,19,20,21). The second-order valence-corrected chi connectivity index (χ2v) is 6.65. The van der Waals surface area contributed by atoms with Gasteiger partial charge in [0.2, 0.25) is 5.91 Å². The highest BCUT2D eigenvalue weighted by Crippen LogP contribution is 2.13. The van der Waals surface area contributed by atoms with Crippen LogP contribution in [0.5, 0.6) is 0 Å². The fraction of sp³-hybridized carbons (Fsp3) is 0.294. The van der Waals surface area contributed by atoms with E-state index in [1.54, 1.807) is 35.6 Å². The van der Waals surface area contributed by atoms with Crippen LogP contribution >= 0.6 is 22.9 Å². The summed E-state index contributed by atoms with van der Waals surface area (Å²) >= 11 is 7.53. The highest BCUT2D eigenvalue weighted by Gasteiger charge is 2.02. The predicted molar refractivity (Wildman–Crippen MR) is 102 cm³/mol. The third-order valence-electron chi connectivity index (χ3n) is 3.23. The van der Waals surface area contributed by atoms with Gasteiger partial charge in [-0.1, -0.05) is 17.7 Å². The van der Waals surface area contributed by atoms with Crippen LogP contribution in [0.2, 0.25) is 5.02 Å². The first kappa shape index (κ1) is 18.3. The molecule has 0 radical (unpaired) electrons. The zero-order chi connectivity index (χ0) is 17.2. The van der Waals surface area contributed by atoms with Crippen LogP contribution in [0.4, 0.5) is 5.69 Å². The SMILES string of the molecule is NC(=NCCCC(=O)Nc1ccc(Cl)cc1)NCCc1cccs1. The van der Waals surface area contributed by atoms with E-state index in [4.69, 9.17) is 17.3 Å². The van der Waals surface area contributed by atoms with E-state index in [0.29, 0.717) is 30.4 Å². The Labute approximate surface area is 150 Å². The van der Waals surface area contributed by atoms with Crippen molar-refractivity contribution in [3.05, 3.63) is 51.7 Å². The van der Waals surface area contributed by atoms with Crippen LogP contribution in [0, 0.1) is 0 Å². The second kappa shape index (κ2) is 9.95. The van der Waals surface area contributed by atoms with E-state index in [2.05, 4.69) is 27.1 Å². The summed E-state index contributed by atoms with van der Waals surface area (Å²) in [5, 5.41) is 8.59. The van der Waals surface area contributed by atoms with Crippen molar-refractivity contribution in [1.82, 2.24) is 5.32 Å². The number of halogens is 1. The molecule has 0 fully saturated rings. The van der Waals surface area contributed by atoms with E-state index < -0.39 is 0 Å². The van der Waals surface area contributed by atoms with Gasteiger partial charge in [-0.3, -0.25) is 9.79 Å². The molecule has 0 atom stereocenters. The minimum atomic E-state index is -0.0447. The fourth-order valence-corrected chi connectivity index (χ4v) is 2.86. The summed E-state index contributed by atoms with van der Waals surface area (Å²) in [6, 6.07) is 11.2. The van der Waals surface area contributed by atoms with Crippen molar-refractivity contribution in [3.8, 4) is 0 Å². The summed E-state index contributed by atoms with van der Waals surface area (Å²) in [6.07, 6.45) is 1.97. The number of carbonyl (C=O) groups is 1. The lowest BCUT2D eigenvalue weighted by Crippen LogP contribution is -2.33. The highest BCUT2D eigenvalue weighted by molar-refractivity contribution is 7.09. The molecule has 1 aromatic heterocycles. The van der Waals surface area contributed by atoms with Crippen LogP contribution in [0.1, 0.15) is 17.7 Å². The number of guanidine groups is 1. The summed E-state index contributed by atoms with van der Waals surface area (Å²) in [6.45, 7) is 1.28. The van der Waals surface area contributed by atoms with E-state index in [-0.39, 0.29) is 5.91 Å². The summed E-state index contributed by atoms with van der Waals surface area (Å²) in [5.41, 5.74) is 6.54. The summed E-state index contributed by atoms with van der Waals surface area (Å²) in [5.74, 6) is 0.376. The molecule has 128 valence electrons. The molecule has 5 nitrogen and oxygen atoms in total. The Morgan fingerprint density at radius 2 is 2.04 bits per heavy atom. The van der Waals surface area contributed by atoms with Crippen molar-refractivity contribution in [3.63, 3.8) is 0 Å². The Kier molecular flexibility index (Phi) is 7.58. The first-order valence-corrected chi connectivity index (χ1v) is 9.01. The number of nitrogens with zero attached hydrogens (tertiary/aromatic N) is 1. The third-order valence-corrected chi connectivity index (χ3v) is 4.42. The van der Waals surface area contributed by atoms with Gasteiger partial charge in [0.25, 0.3) is 0 Å². The first-order valence-electron chi connectivity index (χ1n) is 7.75. The molecule has 0 saturated heterocycles. The minimum Gasteiger partial charge on any atom is -0.370 e. The van der Waals surface area contributed by atoms with Gasteiger partial charge in [0.05, 0.1) is 0 Å². The monoisotopic (exact) mass is 364 g/mol. The Hall–Kier alpha value is -2.05. The van der Waals surface area contributed by atoms with Gasteiger partial charge in [0, 0.05) is 35.1 Å². The molecule has 4 N–H and O–H groups in total. The van der Waals surface area contributed by atoms with Gasteiger partial charge in [-0.05, 0) is 48.6 Å². The van der Waals surface area contributed by atoms with Crippen molar-refractivity contribution in [2.45, 2.75) is 19.3 Å². The number of benzene rings is 1. The highest BCUT2D eigenvalue weighted by atomic mass is 35.5. The van der Waals surface area contributed by atoms with E-state index in [9.17, 15) is 4.79 Å². The van der Waals surface area contributed by atoms with Crippen molar-refractivity contribution in [2.75, 3.05) is 18.4 Å². The van der Waals surface area contributed by atoms with Crippen LogP contribution in [0.25, 0.3) is 0 Å². The molecular formula is C17H21ClN4OS. The number of amides is 1. The maximum Gasteiger partial charge on any atom is 0.224 e. The Morgan fingerprint density at radius 1 is 1.25 bits per heavy atom. The first-order chi connectivity index (χ1) is 11.6. The molecular weight excluding hydrogens is 344 g/mol. The predicted octanol–water partition coefficient (Wildman–Crippen LogP) is 3.27. The van der Waals surface area contributed by atoms with Crippen LogP contribution < -0.4 is 16.4 Å². The van der Waals surface area contributed by atoms with Gasteiger partial charge in [0.15, 0.2) is 5.96 Å². The van der Waals surface area contributed by atoms with E-state index in [1.165, 1.54) is 4.88 Å². The van der Waals surface area contributed by atoms with Crippen LogP contribution in [0.3, 0.4) is 0 Å². The normalized spacial score (nSPS) is 11.3. The summed E-state index contributed by atoms with van der Waals surface area (Å²) in [7, 11) is 0. The van der Waals surface area contributed by atoms with Crippen LogP contribution in [-0.4, -0.2) is 25.0 Å². The number of anilines is 1. The van der Waals surface area contributed by atoms with Crippen LogP contribution in [-0.2, 0) is 11.2 Å². The van der Waals surface area contributed by atoms with E-state index in [1.807, 2.05) is 6.07 Å². The van der Waals surface area contributed by atoms with Gasteiger partial charge >= 0.3 is 0 Å². The van der Waals surface area contributed by atoms with Crippen molar-refractivity contribution in [2.24, 2.45) is 10.7 Å². The number of nitrogens with one attached hydrogen (secondary N) is 2. The molecule has 24 heavy (non-hydrogen) atoms. The molecule has 0 aliphatic heterocycles. The molecule has 7 heteroatoms. The zero-order valence-electron chi connectivity index (χ0n) is 13.3. The van der Waals surface area contributed by atoms with Gasteiger partial charge < -0.3 is 16.4 Å². The maximum absolute atomic E-state index is 11.8. The minimum absolute atomic E-state index is 0.0447. The molecule has 2 aromatic rings. The van der Waals surface area contributed by atoms with Gasteiger partial charge in [-0.25, -0.2) is 0 Å². The average Bonchev–Trinajstić information content (AvgIpc) is 3.07. The van der Waals surface area contributed by atoms with E-state index >= 15 is 0 Å². The number of carbonyl (C=O) groups excluding carboxylic acids is 1. The third kappa shape index (κ3) is 7.02. The smallest absolute Gasteiger partial charge is 0.224 e. The molecule has 0 saturated carbocycles. The van der Waals surface area contributed by atoms with Crippen molar-refractivity contribution >= 4 is 40.5 Å². The molecule has 0 aliphatic rings. The lowest BCUT2D eigenvalue weighted by molar-refractivity contribution is -0.116. The van der Waals surface area contributed by atoms with Gasteiger partial charge in [-0.2, -0.15) is 0 Å². The molecule has 0 unspecified atom stereocenters. The number of nitrogens with two attached hydrogens (primary N) is 1. The van der Waals surface area contributed by atoms with Gasteiger partial charge in [-0.15, -0.1) is 11.3 Å². The van der Waals surface area contributed by atoms with Gasteiger partial charge in [0.1, 0.15) is 0 Å². The molecule has 2 rings (SSSR count). The molecule has 0 aliphatic carbocycles. The summed E-state index contributed by atoms with van der Waals surface area (Å²) < 4.78 is 0. The lowest BCUT2D eigenvalue weighted by Gasteiger charge is -2.06. The molecule has 0 bridgehead atoms. The largest absolute Gasteiger partial charge is 0.370 e. The second-order valence-electron chi connectivity index (χ2n) is 5.18. The Bertz CT molecular complexity index is 656. The molecule has 1 amide bonds. The zero-order valence-corrected chi connectivity index (χ0v) is 14.9. The topological polar surface area (TPSA) is 79.5 Å². The van der Waals surface area contributed by atoms with E-state index in [0.717, 1.165) is 18.7 Å². The fourth-order valence-electron chi connectivity index (χ4n) is 2.02. The number of hydrogen-bond acceptors (Lipinski definition) is 3. The lowest BCUT2D eigenvalue weighted by atomic mass is 10.2. The number of aliphatic imine (C=N–C) groups is 1. The van der Waals surface area contributed by atoms with Crippen molar-refractivity contribution in [1.29, 1.82) is 0 Å². The molecule has 0 spiro atoms. The number of hydrogen-bond donors (Lipinski definition) is 3. The van der Waals surface area contributed by atoms with Crippen LogP contribution in [0.15, 0.2) is 46.8 Å². The Morgan fingerprint density at radius 3 is 2.75 bits per heavy atom. The molecule has 1 aromatic carbocycles. The Balaban J connectivity index is 1.58. The summed E-state index contributed by atoms with van der Waals surface area (Å²) in [4.78, 5) is 17.3. The number of rotatable bonds is 8. The number of thiophene rings is 1. The maximum atomic E-state index is 11.8. The van der Waals surface area contributed by atoms with Crippen molar-refractivity contribution < 1.29 is 4.79 Å². The quantitative estimate of drug-likeness (QED) is 0.382. The molecule has 1 heterocycles.